The number of rotatable bonds is 9. The first-order valence-electron chi connectivity index (χ1n) is 7.00. The molecule has 0 spiro atoms. The summed E-state index contributed by atoms with van der Waals surface area (Å²) < 4.78 is 35.5. The number of hydrogen-bond donors (Lipinski definition) is 1. The van der Waals surface area contributed by atoms with Gasteiger partial charge in [-0.05, 0) is 59.3 Å². The van der Waals surface area contributed by atoms with Gasteiger partial charge >= 0.3 is 0 Å². The summed E-state index contributed by atoms with van der Waals surface area (Å²) in [5.74, 6) is 0.979. The number of unbranched alkanes of at least 4 members (excludes halogenated alkanes) is 1. The predicted octanol–water partition coefficient (Wildman–Crippen LogP) is 2.16. The first-order chi connectivity index (χ1) is 9.78. The highest BCUT2D eigenvalue weighted by molar-refractivity contribution is 7.85. The molecule has 1 N–H and O–H groups in total. The van der Waals surface area contributed by atoms with Crippen LogP contribution in [-0.2, 0) is 16.5 Å². The summed E-state index contributed by atoms with van der Waals surface area (Å²) >= 11 is 0. The molecule has 0 saturated carbocycles. The summed E-state index contributed by atoms with van der Waals surface area (Å²) in [5.41, 5.74) is 0.742. The van der Waals surface area contributed by atoms with Crippen LogP contribution in [-0.4, -0.2) is 49.2 Å². The summed E-state index contributed by atoms with van der Waals surface area (Å²) in [6, 6.07) is 0. The summed E-state index contributed by atoms with van der Waals surface area (Å²) in [4.78, 5) is 6.46. The third kappa shape index (κ3) is 7.99. The van der Waals surface area contributed by atoms with Gasteiger partial charge in [0, 0.05) is 0 Å². The van der Waals surface area contributed by atoms with Crippen LogP contribution < -0.4 is 0 Å². The standard InChI is InChI=1S/C14H24N2O4S/c1-12-13(8-7-11-21(17,18)19)15-14(20-12)9-5-4-6-10-16(2)3/h5,9H,4,6-8,10-11H2,1-3H3,(H,17,18,19). The molecule has 0 fully saturated rings. The summed E-state index contributed by atoms with van der Waals surface area (Å²) in [6.07, 6.45) is 6.70. The Hall–Kier alpha value is -1.18. The van der Waals surface area contributed by atoms with Crippen LogP contribution >= 0.6 is 0 Å². The Morgan fingerprint density at radius 1 is 1.33 bits per heavy atom. The molecule has 0 bridgehead atoms. The van der Waals surface area contributed by atoms with Crippen molar-refractivity contribution in [2.75, 3.05) is 26.4 Å². The monoisotopic (exact) mass is 316 g/mol. The lowest BCUT2D eigenvalue weighted by molar-refractivity contribution is 0.402. The van der Waals surface area contributed by atoms with Crippen LogP contribution in [0, 0.1) is 6.92 Å². The van der Waals surface area contributed by atoms with E-state index in [-0.39, 0.29) is 5.75 Å². The molecule has 120 valence electrons. The minimum Gasteiger partial charge on any atom is -0.442 e. The fourth-order valence-corrected chi connectivity index (χ4v) is 2.39. The molecule has 1 heterocycles. The number of hydrogen-bond acceptors (Lipinski definition) is 5. The van der Waals surface area contributed by atoms with Crippen LogP contribution in [0.15, 0.2) is 10.5 Å². The molecule has 1 rings (SSSR count). The van der Waals surface area contributed by atoms with Crippen molar-refractivity contribution in [1.82, 2.24) is 9.88 Å². The van der Waals surface area contributed by atoms with E-state index in [1.165, 1.54) is 0 Å². The van der Waals surface area contributed by atoms with Crippen molar-refractivity contribution in [2.45, 2.75) is 32.6 Å². The van der Waals surface area contributed by atoms with Gasteiger partial charge in [-0.2, -0.15) is 8.42 Å². The van der Waals surface area contributed by atoms with Gasteiger partial charge in [0.2, 0.25) is 5.89 Å². The number of aromatic nitrogens is 1. The normalized spacial score (nSPS) is 12.6. The molecule has 0 aromatic carbocycles. The van der Waals surface area contributed by atoms with Crippen molar-refractivity contribution in [3.63, 3.8) is 0 Å². The Morgan fingerprint density at radius 2 is 2.05 bits per heavy atom. The van der Waals surface area contributed by atoms with Crippen LogP contribution in [0.25, 0.3) is 6.08 Å². The maximum absolute atomic E-state index is 10.7. The van der Waals surface area contributed by atoms with Gasteiger partial charge in [0.1, 0.15) is 5.76 Å². The zero-order chi connectivity index (χ0) is 15.9. The topological polar surface area (TPSA) is 83.6 Å². The lowest BCUT2D eigenvalue weighted by Gasteiger charge is -2.06. The number of nitrogens with zero attached hydrogens (tertiary/aromatic N) is 2. The highest BCUT2D eigenvalue weighted by Crippen LogP contribution is 2.14. The molecule has 21 heavy (non-hydrogen) atoms. The van der Waals surface area contributed by atoms with Gasteiger partial charge in [0.15, 0.2) is 0 Å². The average molecular weight is 316 g/mol. The minimum absolute atomic E-state index is 0.255. The molecule has 0 amide bonds. The third-order valence-electron chi connectivity index (χ3n) is 2.96. The van der Waals surface area contributed by atoms with Crippen LogP contribution in [0.4, 0.5) is 0 Å². The SMILES string of the molecule is Cc1oc(C=CCCCN(C)C)nc1CCCS(=O)(=O)O. The largest absolute Gasteiger partial charge is 0.442 e. The van der Waals surface area contributed by atoms with E-state index in [2.05, 4.69) is 9.88 Å². The van der Waals surface area contributed by atoms with E-state index in [4.69, 9.17) is 8.97 Å². The van der Waals surface area contributed by atoms with Crippen LogP contribution in [0.3, 0.4) is 0 Å². The van der Waals surface area contributed by atoms with Gasteiger partial charge < -0.3 is 9.32 Å². The van der Waals surface area contributed by atoms with Crippen molar-refractivity contribution in [3.05, 3.63) is 23.4 Å². The fraction of sp³-hybridized carbons (Fsp3) is 0.643. The van der Waals surface area contributed by atoms with E-state index >= 15 is 0 Å². The van der Waals surface area contributed by atoms with Gasteiger partial charge in [-0.15, -0.1) is 0 Å². The Balaban J connectivity index is 2.44. The molecule has 0 aliphatic carbocycles. The summed E-state index contributed by atoms with van der Waals surface area (Å²) in [7, 11) is 0.179. The van der Waals surface area contributed by atoms with E-state index in [1.807, 2.05) is 26.2 Å². The zero-order valence-electron chi connectivity index (χ0n) is 12.9. The first-order valence-corrected chi connectivity index (χ1v) is 8.61. The maximum Gasteiger partial charge on any atom is 0.264 e. The van der Waals surface area contributed by atoms with Gasteiger partial charge in [0.05, 0.1) is 11.4 Å². The lowest BCUT2D eigenvalue weighted by atomic mass is 10.2. The van der Waals surface area contributed by atoms with Crippen LogP contribution in [0.2, 0.25) is 0 Å². The summed E-state index contributed by atoms with van der Waals surface area (Å²) in [5, 5.41) is 0. The van der Waals surface area contributed by atoms with E-state index in [1.54, 1.807) is 6.92 Å². The Kier molecular flexibility index (Phi) is 7.07. The number of allylic oxidation sites excluding steroid dienone is 1. The molecule has 0 atom stereocenters. The fourth-order valence-electron chi connectivity index (χ4n) is 1.89. The average Bonchev–Trinajstić information content (AvgIpc) is 2.68. The quantitative estimate of drug-likeness (QED) is 0.555. The second kappa shape index (κ2) is 8.31. The number of oxazole rings is 1. The van der Waals surface area contributed by atoms with Gasteiger partial charge in [-0.25, -0.2) is 4.98 Å². The zero-order valence-corrected chi connectivity index (χ0v) is 13.7. The molecule has 1 aromatic heterocycles. The minimum atomic E-state index is -3.90. The molecular weight excluding hydrogens is 292 g/mol. The van der Waals surface area contributed by atoms with Crippen molar-refractivity contribution in [3.8, 4) is 0 Å². The molecule has 7 heteroatoms. The van der Waals surface area contributed by atoms with Crippen LogP contribution in [0.5, 0.6) is 0 Å². The third-order valence-corrected chi connectivity index (χ3v) is 3.77. The lowest BCUT2D eigenvalue weighted by Crippen LogP contribution is -2.12. The van der Waals surface area contributed by atoms with Gasteiger partial charge in [0.25, 0.3) is 10.1 Å². The second-order valence-electron chi connectivity index (χ2n) is 5.29. The smallest absolute Gasteiger partial charge is 0.264 e. The Morgan fingerprint density at radius 3 is 2.67 bits per heavy atom. The highest BCUT2D eigenvalue weighted by atomic mass is 32.2. The molecule has 0 radical (unpaired) electrons. The van der Waals surface area contributed by atoms with Crippen molar-refractivity contribution in [1.29, 1.82) is 0 Å². The molecule has 0 saturated heterocycles. The molecule has 1 aromatic rings. The van der Waals surface area contributed by atoms with Crippen molar-refractivity contribution >= 4 is 16.2 Å². The van der Waals surface area contributed by atoms with Gasteiger partial charge in [-0.1, -0.05) is 6.08 Å². The highest BCUT2D eigenvalue weighted by Gasteiger charge is 2.10. The summed E-state index contributed by atoms with van der Waals surface area (Å²) in [6.45, 7) is 2.84. The molecule has 0 aliphatic heterocycles. The van der Waals surface area contributed by atoms with E-state index < -0.39 is 10.1 Å². The van der Waals surface area contributed by atoms with Crippen molar-refractivity contribution in [2.24, 2.45) is 0 Å². The van der Waals surface area contributed by atoms with E-state index in [0.717, 1.165) is 25.1 Å². The number of aryl methyl sites for hydroxylation is 2. The van der Waals surface area contributed by atoms with E-state index in [0.29, 0.717) is 24.5 Å². The maximum atomic E-state index is 10.7. The second-order valence-corrected chi connectivity index (χ2v) is 6.86. The Bertz CT molecular complexity index is 562. The van der Waals surface area contributed by atoms with Gasteiger partial charge in [-0.3, -0.25) is 4.55 Å². The van der Waals surface area contributed by atoms with Crippen molar-refractivity contribution < 1.29 is 17.4 Å². The molecular formula is C14H24N2O4S. The molecule has 0 unspecified atom stereocenters. The van der Waals surface area contributed by atoms with E-state index in [9.17, 15) is 8.42 Å². The van der Waals surface area contributed by atoms with Crippen LogP contribution in [0.1, 0.15) is 36.6 Å². The molecule has 0 aliphatic rings. The Labute approximate surface area is 126 Å². The first kappa shape index (κ1) is 17.9. The molecule has 6 nitrogen and oxygen atoms in total. The predicted molar refractivity (Wildman–Crippen MR) is 82.8 cm³/mol.